The smallest absolute Gasteiger partial charge is 0.418 e. The van der Waals surface area contributed by atoms with Crippen molar-refractivity contribution in [1.82, 2.24) is 14.5 Å². The molecule has 0 spiro atoms. The van der Waals surface area contributed by atoms with Crippen LogP contribution in [0.1, 0.15) is 38.8 Å². The molecule has 3 rings (SSSR count). The SMILES string of the molecule is CC(C)C[N-]Cc1ccc(C(F)(F)F)c(-n2cnc(-c3ccc(OCCOC(C)C)nc3)cc2=O)c1F. The minimum Gasteiger partial charge on any atom is -0.658 e. The molecule has 0 amide bonds. The first-order valence-corrected chi connectivity index (χ1v) is 11.8. The monoisotopic (exact) mass is 521 g/mol. The van der Waals surface area contributed by atoms with Gasteiger partial charge in [-0.05, 0) is 31.5 Å². The summed E-state index contributed by atoms with van der Waals surface area (Å²) in [5.74, 6) is -0.616. The zero-order valence-electron chi connectivity index (χ0n) is 21.1. The molecule has 0 unspecified atom stereocenters. The van der Waals surface area contributed by atoms with Crippen LogP contribution in [0.3, 0.4) is 0 Å². The number of pyridine rings is 1. The zero-order chi connectivity index (χ0) is 27.2. The lowest BCUT2D eigenvalue weighted by Gasteiger charge is -2.24. The van der Waals surface area contributed by atoms with Crippen molar-refractivity contribution in [1.29, 1.82) is 0 Å². The second-order valence-electron chi connectivity index (χ2n) is 9.03. The van der Waals surface area contributed by atoms with E-state index in [4.69, 9.17) is 9.47 Å². The maximum absolute atomic E-state index is 15.3. The van der Waals surface area contributed by atoms with E-state index in [-0.39, 0.29) is 29.8 Å². The van der Waals surface area contributed by atoms with E-state index in [0.29, 0.717) is 35.8 Å². The van der Waals surface area contributed by atoms with Gasteiger partial charge in [-0.15, -0.1) is 13.1 Å². The number of alkyl halides is 3. The molecular formula is C26H29F4N4O3-. The normalized spacial score (nSPS) is 11.9. The molecule has 2 aromatic heterocycles. The topological polar surface area (TPSA) is 80.3 Å². The van der Waals surface area contributed by atoms with Crippen molar-refractivity contribution in [3.8, 4) is 22.8 Å². The summed E-state index contributed by atoms with van der Waals surface area (Å²) in [7, 11) is 0. The Balaban J connectivity index is 1.88. The van der Waals surface area contributed by atoms with Crippen molar-refractivity contribution in [3.63, 3.8) is 0 Å². The minimum absolute atomic E-state index is 0.0433. The summed E-state index contributed by atoms with van der Waals surface area (Å²) in [6, 6.07) is 6.01. The molecule has 0 saturated heterocycles. The number of ether oxygens (including phenoxy) is 2. The Labute approximate surface area is 212 Å². The van der Waals surface area contributed by atoms with Crippen LogP contribution in [-0.4, -0.2) is 40.4 Å². The van der Waals surface area contributed by atoms with Gasteiger partial charge >= 0.3 is 6.18 Å². The van der Waals surface area contributed by atoms with E-state index < -0.39 is 28.8 Å². The predicted molar refractivity (Wildman–Crippen MR) is 131 cm³/mol. The molecule has 200 valence electrons. The number of rotatable bonds is 11. The van der Waals surface area contributed by atoms with Crippen molar-refractivity contribution in [2.75, 3.05) is 19.8 Å². The van der Waals surface area contributed by atoms with E-state index in [1.54, 1.807) is 12.1 Å². The summed E-state index contributed by atoms with van der Waals surface area (Å²) in [6.45, 7) is 8.67. The first-order chi connectivity index (χ1) is 17.5. The Bertz CT molecular complexity index is 1240. The van der Waals surface area contributed by atoms with Gasteiger partial charge in [-0.2, -0.15) is 13.2 Å². The lowest BCUT2D eigenvalue weighted by molar-refractivity contribution is -0.137. The zero-order valence-corrected chi connectivity index (χ0v) is 21.1. The molecule has 0 aliphatic carbocycles. The summed E-state index contributed by atoms with van der Waals surface area (Å²) in [5.41, 5.74) is -2.50. The van der Waals surface area contributed by atoms with Gasteiger partial charge in [-0.3, -0.25) is 9.36 Å². The van der Waals surface area contributed by atoms with Crippen LogP contribution in [0.25, 0.3) is 22.3 Å². The van der Waals surface area contributed by atoms with Crippen molar-refractivity contribution in [2.45, 2.75) is 46.5 Å². The highest BCUT2D eigenvalue weighted by molar-refractivity contribution is 5.58. The fourth-order valence-electron chi connectivity index (χ4n) is 3.41. The third kappa shape index (κ3) is 7.59. The first-order valence-electron chi connectivity index (χ1n) is 11.8. The van der Waals surface area contributed by atoms with Crippen LogP contribution in [-0.2, 0) is 17.5 Å². The van der Waals surface area contributed by atoms with E-state index in [1.165, 1.54) is 6.20 Å². The minimum atomic E-state index is -4.89. The second-order valence-corrected chi connectivity index (χ2v) is 9.03. The van der Waals surface area contributed by atoms with Crippen LogP contribution in [0.2, 0.25) is 0 Å². The number of aromatic nitrogens is 3. The van der Waals surface area contributed by atoms with Crippen molar-refractivity contribution in [2.24, 2.45) is 5.92 Å². The number of nitrogens with zero attached hydrogens (tertiary/aromatic N) is 4. The van der Waals surface area contributed by atoms with Gasteiger partial charge in [0.05, 0.1) is 29.7 Å². The number of benzene rings is 1. The van der Waals surface area contributed by atoms with Gasteiger partial charge < -0.3 is 14.8 Å². The molecule has 1 aromatic carbocycles. The van der Waals surface area contributed by atoms with Crippen LogP contribution < -0.4 is 10.3 Å². The summed E-state index contributed by atoms with van der Waals surface area (Å²) in [5, 5.41) is 4.19. The van der Waals surface area contributed by atoms with Gasteiger partial charge in [-0.25, -0.2) is 14.4 Å². The van der Waals surface area contributed by atoms with Gasteiger partial charge in [0.2, 0.25) is 5.88 Å². The molecule has 0 fully saturated rings. The van der Waals surface area contributed by atoms with E-state index in [1.807, 2.05) is 27.7 Å². The van der Waals surface area contributed by atoms with E-state index in [0.717, 1.165) is 24.5 Å². The average Bonchev–Trinajstić information content (AvgIpc) is 2.82. The quantitative estimate of drug-likeness (QED) is 0.236. The van der Waals surface area contributed by atoms with Gasteiger partial charge in [-0.1, -0.05) is 25.8 Å². The van der Waals surface area contributed by atoms with Gasteiger partial charge in [0.25, 0.3) is 5.56 Å². The molecule has 0 radical (unpaired) electrons. The van der Waals surface area contributed by atoms with Crippen molar-refractivity contribution < 1.29 is 27.0 Å². The molecule has 3 aromatic rings. The molecule has 0 N–H and O–H groups in total. The van der Waals surface area contributed by atoms with Gasteiger partial charge in [0.15, 0.2) is 0 Å². The maximum Gasteiger partial charge on any atom is 0.418 e. The van der Waals surface area contributed by atoms with Crippen molar-refractivity contribution >= 4 is 0 Å². The van der Waals surface area contributed by atoms with Crippen LogP contribution in [0.5, 0.6) is 5.88 Å². The lowest BCUT2D eigenvalue weighted by Crippen LogP contribution is -2.23. The average molecular weight is 522 g/mol. The molecule has 11 heteroatoms. The lowest BCUT2D eigenvalue weighted by atomic mass is 10.1. The predicted octanol–water partition coefficient (Wildman–Crippen LogP) is 5.79. The highest BCUT2D eigenvalue weighted by atomic mass is 19.4. The fraction of sp³-hybridized carbons (Fsp3) is 0.423. The molecule has 7 nitrogen and oxygen atoms in total. The molecule has 0 aliphatic heterocycles. The van der Waals surface area contributed by atoms with E-state index in [9.17, 15) is 18.0 Å². The molecule has 37 heavy (non-hydrogen) atoms. The Morgan fingerprint density at radius 2 is 1.81 bits per heavy atom. The molecule has 0 saturated carbocycles. The molecule has 2 heterocycles. The van der Waals surface area contributed by atoms with Crippen LogP contribution in [0.4, 0.5) is 17.6 Å². The molecule has 0 bridgehead atoms. The Kier molecular flexibility index (Phi) is 9.39. The first kappa shape index (κ1) is 28.3. The largest absolute Gasteiger partial charge is 0.658 e. The van der Waals surface area contributed by atoms with Crippen molar-refractivity contribution in [3.05, 3.63) is 75.5 Å². The van der Waals surface area contributed by atoms with E-state index >= 15 is 4.39 Å². The second kappa shape index (κ2) is 12.3. The number of halogens is 4. The maximum atomic E-state index is 15.3. The molecule has 0 aliphatic rings. The third-order valence-electron chi connectivity index (χ3n) is 5.15. The Morgan fingerprint density at radius 3 is 2.41 bits per heavy atom. The van der Waals surface area contributed by atoms with E-state index in [2.05, 4.69) is 15.3 Å². The van der Waals surface area contributed by atoms with Gasteiger partial charge in [0, 0.05) is 23.9 Å². The van der Waals surface area contributed by atoms with Crippen LogP contribution in [0, 0.1) is 11.7 Å². The fourth-order valence-corrected chi connectivity index (χ4v) is 3.41. The molecule has 0 atom stereocenters. The third-order valence-corrected chi connectivity index (χ3v) is 5.15. The Hall–Kier alpha value is -3.31. The summed E-state index contributed by atoms with van der Waals surface area (Å²) >= 11 is 0. The summed E-state index contributed by atoms with van der Waals surface area (Å²) < 4.78 is 67.9. The highest BCUT2D eigenvalue weighted by Crippen LogP contribution is 2.36. The van der Waals surface area contributed by atoms with Crippen LogP contribution >= 0.6 is 0 Å². The van der Waals surface area contributed by atoms with Crippen LogP contribution in [0.15, 0.2) is 47.7 Å². The summed E-state index contributed by atoms with van der Waals surface area (Å²) in [4.78, 5) is 21.1. The standard InChI is InChI=1S/C26H29F4N4O3/c1-16(2)12-31-13-19-5-7-20(26(28,29)30)25(24(19)27)34-15-33-21(11-23(34)35)18-6-8-22(32-14-18)37-10-9-36-17(3)4/h5-8,11,14-17H,9-10,12-13H2,1-4H3/q-1. The Morgan fingerprint density at radius 1 is 1.05 bits per heavy atom. The summed E-state index contributed by atoms with van der Waals surface area (Å²) in [6.07, 6.45) is -2.51. The number of hydrogen-bond donors (Lipinski definition) is 0. The highest BCUT2D eigenvalue weighted by Gasteiger charge is 2.36. The number of hydrogen-bond acceptors (Lipinski definition) is 5. The molecular weight excluding hydrogens is 492 g/mol. The van der Waals surface area contributed by atoms with Gasteiger partial charge in [0.1, 0.15) is 18.8 Å².